The molecule has 4 heteroatoms. The molecule has 0 aliphatic carbocycles. The van der Waals surface area contributed by atoms with Crippen molar-refractivity contribution in [2.45, 2.75) is 45.1 Å². The van der Waals surface area contributed by atoms with Crippen LogP contribution in [0.25, 0.3) is 0 Å². The monoisotopic (exact) mass is 275 g/mol. The first-order valence-corrected chi connectivity index (χ1v) is 7.62. The van der Waals surface area contributed by atoms with Crippen LogP contribution in [-0.2, 0) is 4.79 Å². The number of rotatable bonds is 5. The van der Waals surface area contributed by atoms with Crippen molar-refractivity contribution in [3.63, 3.8) is 0 Å². The van der Waals surface area contributed by atoms with E-state index in [0.29, 0.717) is 0 Å². The molecule has 1 amide bonds. The highest BCUT2D eigenvalue weighted by Gasteiger charge is 2.17. The summed E-state index contributed by atoms with van der Waals surface area (Å²) in [5.41, 5.74) is 7.87. The van der Waals surface area contributed by atoms with E-state index < -0.39 is 6.04 Å². The third kappa shape index (κ3) is 3.73. The van der Waals surface area contributed by atoms with Gasteiger partial charge >= 0.3 is 0 Å². The second-order valence-electron chi connectivity index (χ2n) is 5.45. The van der Waals surface area contributed by atoms with Crippen LogP contribution in [0.5, 0.6) is 0 Å². The van der Waals surface area contributed by atoms with Gasteiger partial charge in [-0.1, -0.05) is 25.5 Å². The zero-order valence-electron chi connectivity index (χ0n) is 12.3. The van der Waals surface area contributed by atoms with Crippen LogP contribution in [0.4, 0.5) is 11.4 Å². The van der Waals surface area contributed by atoms with E-state index in [1.165, 1.54) is 19.3 Å². The Morgan fingerprint density at radius 3 is 2.70 bits per heavy atom. The van der Waals surface area contributed by atoms with E-state index >= 15 is 0 Å². The van der Waals surface area contributed by atoms with Crippen LogP contribution in [0.3, 0.4) is 0 Å². The second-order valence-corrected chi connectivity index (χ2v) is 5.45. The van der Waals surface area contributed by atoms with Crippen LogP contribution in [0.1, 0.15) is 39.0 Å². The van der Waals surface area contributed by atoms with Crippen LogP contribution >= 0.6 is 0 Å². The third-order valence-electron chi connectivity index (χ3n) is 3.80. The summed E-state index contributed by atoms with van der Waals surface area (Å²) >= 11 is 0. The van der Waals surface area contributed by atoms with E-state index in [0.717, 1.165) is 37.3 Å². The number of nitrogens with zero attached hydrogens (tertiary/aromatic N) is 1. The Kier molecular flexibility index (Phi) is 5.41. The average Bonchev–Trinajstić information content (AvgIpc) is 2.49. The van der Waals surface area contributed by atoms with Gasteiger partial charge in [0.15, 0.2) is 0 Å². The van der Waals surface area contributed by atoms with Crippen molar-refractivity contribution in [2.75, 3.05) is 23.3 Å². The van der Waals surface area contributed by atoms with Crippen LogP contribution < -0.4 is 16.0 Å². The highest BCUT2D eigenvalue weighted by atomic mass is 16.2. The quantitative estimate of drug-likeness (QED) is 0.868. The molecule has 1 aromatic carbocycles. The molecule has 0 spiro atoms. The minimum absolute atomic E-state index is 0.0868. The molecule has 20 heavy (non-hydrogen) atoms. The summed E-state index contributed by atoms with van der Waals surface area (Å²) in [5.74, 6) is -0.0868. The van der Waals surface area contributed by atoms with Gasteiger partial charge in [0.25, 0.3) is 0 Å². The largest absolute Gasteiger partial charge is 0.370 e. The number of nitrogens with two attached hydrogens (primary N) is 1. The minimum atomic E-state index is -0.422. The standard InChI is InChI=1S/C16H25N3O/c1-2-8-13(17)16(20)18-14-9-4-5-10-15(14)19-11-6-3-7-12-19/h4-5,9-10,13H,2-3,6-8,11-12,17H2,1H3,(H,18,20)/t13-/m0/s1. The SMILES string of the molecule is CCC[C@H](N)C(=O)Nc1ccccc1N1CCCCC1. The Morgan fingerprint density at radius 2 is 2.00 bits per heavy atom. The average molecular weight is 275 g/mol. The fourth-order valence-corrected chi connectivity index (χ4v) is 2.66. The van der Waals surface area contributed by atoms with E-state index in [2.05, 4.69) is 16.3 Å². The number of amides is 1. The zero-order valence-corrected chi connectivity index (χ0v) is 12.3. The molecule has 4 nitrogen and oxygen atoms in total. The minimum Gasteiger partial charge on any atom is -0.370 e. The highest BCUT2D eigenvalue weighted by molar-refractivity contribution is 5.97. The van der Waals surface area contributed by atoms with Crippen molar-refractivity contribution in [3.8, 4) is 0 Å². The topological polar surface area (TPSA) is 58.4 Å². The van der Waals surface area contributed by atoms with Crippen LogP contribution in [0.2, 0.25) is 0 Å². The summed E-state index contributed by atoms with van der Waals surface area (Å²) < 4.78 is 0. The second kappa shape index (κ2) is 7.29. The molecular weight excluding hydrogens is 250 g/mol. The van der Waals surface area contributed by atoms with Crippen molar-refractivity contribution in [1.82, 2.24) is 0 Å². The predicted octanol–water partition coefficient (Wildman–Crippen LogP) is 2.74. The van der Waals surface area contributed by atoms with Gasteiger partial charge in [-0.3, -0.25) is 4.79 Å². The van der Waals surface area contributed by atoms with Gasteiger partial charge in [-0.15, -0.1) is 0 Å². The third-order valence-corrected chi connectivity index (χ3v) is 3.80. The van der Waals surface area contributed by atoms with E-state index in [4.69, 9.17) is 5.73 Å². The van der Waals surface area contributed by atoms with Gasteiger partial charge in [-0.2, -0.15) is 0 Å². The fraction of sp³-hybridized carbons (Fsp3) is 0.562. The lowest BCUT2D eigenvalue weighted by Crippen LogP contribution is -2.36. The lowest BCUT2D eigenvalue weighted by Gasteiger charge is -2.30. The maximum Gasteiger partial charge on any atom is 0.241 e. The van der Waals surface area contributed by atoms with Crippen molar-refractivity contribution < 1.29 is 4.79 Å². The summed E-state index contributed by atoms with van der Waals surface area (Å²) in [6.45, 7) is 4.16. The molecular formula is C16H25N3O. The molecule has 1 fully saturated rings. The number of carbonyl (C=O) groups excluding carboxylic acids is 1. The fourth-order valence-electron chi connectivity index (χ4n) is 2.66. The number of nitrogens with one attached hydrogen (secondary N) is 1. The number of hydrogen-bond donors (Lipinski definition) is 2. The van der Waals surface area contributed by atoms with E-state index in [1.54, 1.807) is 0 Å². The first-order chi connectivity index (χ1) is 9.72. The molecule has 0 radical (unpaired) electrons. The van der Waals surface area contributed by atoms with Crippen molar-refractivity contribution in [3.05, 3.63) is 24.3 Å². The highest BCUT2D eigenvalue weighted by Crippen LogP contribution is 2.28. The number of anilines is 2. The number of benzene rings is 1. The molecule has 0 bridgehead atoms. The first kappa shape index (κ1) is 14.9. The van der Waals surface area contributed by atoms with E-state index in [9.17, 15) is 4.79 Å². The molecule has 0 aromatic heterocycles. The van der Waals surface area contributed by atoms with Crippen molar-refractivity contribution >= 4 is 17.3 Å². The van der Waals surface area contributed by atoms with Gasteiger partial charge in [0, 0.05) is 13.1 Å². The van der Waals surface area contributed by atoms with E-state index in [-0.39, 0.29) is 5.91 Å². The Bertz CT molecular complexity index is 441. The first-order valence-electron chi connectivity index (χ1n) is 7.62. The smallest absolute Gasteiger partial charge is 0.241 e. The lowest BCUT2D eigenvalue weighted by atomic mass is 10.1. The van der Waals surface area contributed by atoms with Crippen LogP contribution in [0.15, 0.2) is 24.3 Å². The lowest BCUT2D eigenvalue weighted by molar-refractivity contribution is -0.117. The number of piperidine rings is 1. The summed E-state index contributed by atoms with van der Waals surface area (Å²) in [4.78, 5) is 14.4. The zero-order chi connectivity index (χ0) is 14.4. The number of para-hydroxylation sites is 2. The molecule has 1 aliphatic heterocycles. The molecule has 1 saturated heterocycles. The Labute approximate surface area is 121 Å². The normalized spacial score (nSPS) is 16.8. The number of carbonyl (C=O) groups is 1. The maximum absolute atomic E-state index is 12.1. The molecule has 0 saturated carbocycles. The molecule has 1 heterocycles. The summed E-state index contributed by atoms with van der Waals surface area (Å²) in [6.07, 6.45) is 5.38. The molecule has 3 N–H and O–H groups in total. The van der Waals surface area contributed by atoms with Crippen molar-refractivity contribution in [2.24, 2.45) is 5.73 Å². The van der Waals surface area contributed by atoms with Crippen LogP contribution in [-0.4, -0.2) is 25.0 Å². The summed E-state index contributed by atoms with van der Waals surface area (Å²) in [5, 5.41) is 2.99. The number of hydrogen-bond acceptors (Lipinski definition) is 3. The van der Waals surface area contributed by atoms with Gasteiger partial charge in [0.2, 0.25) is 5.91 Å². The Morgan fingerprint density at radius 1 is 1.30 bits per heavy atom. The maximum atomic E-state index is 12.1. The molecule has 110 valence electrons. The predicted molar refractivity (Wildman–Crippen MR) is 84.0 cm³/mol. The van der Waals surface area contributed by atoms with Gasteiger partial charge in [0.05, 0.1) is 17.4 Å². The molecule has 1 aromatic rings. The van der Waals surface area contributed by atoms with Crippen molar-refractivity contribution in [1.29, 1.82) is 0 Å². The molecule has 2 rings (SSSR count). The van der Waals surface area contributed by atoms with Gasteiger partial charge in [0.1, 0.15) is 0 Å². The van der Waals surface area contributed by atoms with Gasteiger partial charge in [-0.25, -0.2) is 0 Å². The molecule has 1 atom stereocenters. The Balaban J connectivity index is 2.09. The Hall–Kier alpha value is -1.55. The molecule has 1 aliphatic rings. The van der Waals surface area contributed by atoms with E-state index in [1.807, 2.05) is 25.1 Å². The van der Waals surface area contributed by atoms with Crippen LogP contribution in [0, 0.1) is 0 Å². The molecule has 0 unspecified atom stereocenters. The summed E-state index contributed by atoms with van der Waals surface area (Å²) in [6, 6.07) is 7.58. The van der Waals surface area contributed by atoms with Gasteiger partial charge < -0.3 is 16.0 Å². The summed E-state index contributed by atoms with van der Waals surface area (Å²) in [7, 11) is 0. The van der Waals surface area contributed by atoms with Gasteiger partial charge in [-0.05, 0) is 37.8 Å².